The van der Waals surface area contributed by atoms with Gasteiger partial charge in [-0.05, 0) is 37.5 Å². The molecule has 0 bridgehead atoms. The van der Waals surface area contributed by atoms with Gasteiger partial charge in [-0.2, -0.15) is 0 Å². The maximum atomic E-state index is 11.5. The predicted octanol–water partition coefficient (Wildman–Crippen LogP) is 3.62. The van der Waals surface area contributed by atoms with Crippen LogP contribution in [0.25, 0.3) is 0 Å². The van der Waals surface area contributed by atoms with Crippen LogP contribution in [-0.2, 0) is 17.8 Å². The molecule has 0 unspecified atom stereocenters. The summed E-state index contributed by atoms with van der Waals surface area (Å²) in [5.41, 5.74) is 2.54. The average molecular weight is 386 g/mol. The van der Waals surface area contributed by atoms with Crippen LogP contribution in [0, 0.1) is 0 Å². The molecule has 0 aliphatic rings. The van der Waals surface area contributed by atoms with Crippen LogP contribution in [0.1, 0.15) is 66.9 Å². The van der Waals surface area contributed by atoms with Crippen molar-refractivity contribution in [3.63, 3.8) is 0 Å². The number of ether oxygens (including phenoxy) is 1. The topological polar surface area (TPSA) is 88.8 Å². The Morgan fingerprint density at radius 2 is 1.89 bits per heavy atom. The minimum Gasteiger partial charge on any atom is -0.465 e. The van der Waals surface area contributed by atoms with Crippen molar-refractivity contribution < 1.29 is 14.1 Å². The molecule has 0 aliphatic carbocycles. The smallest absolute Gasteiger partial charge is 0.337 e. The van der Waals surface area contributed by atoms with Crippen molar-refractivity contribution in [2.45, 2.75) is 52.6 Å². The van der Waals surface area contributed by atoms with Crippen LogP contribution < -0.4 is 10.6 Å². The van der Waals surface area contributed by atoms with Crippen molar-refractivity contribution in [3.05, 3.63) is 52.9 Å². The molecule has 0 fully saturated rings. The summed E-state index contributed by atoms with van der Waals surface area (Å²) in [5, 5.41) is 10.7. The number of carbonyl (C=O) groups excluding carboxylic acids is 1. The maximum Gasteiger partial charge on any atom is 0.337 e. The van der Waals surface area contributed by atoms with Crippen molar-refractivity contribution in [1.29, 1.82) is 0 Å². The standard InChI is InChI=1S/C21H30N4O3/c1-5-16(6-2)19-12-18(28-25-19)14-24-21(22-7-3)23-13-15-8-10-17(11-9-15)20(26)27-4/h8-12,16H,5-7,13-14H2,1-4H3,(H2,22,23,24). The Morgan fingerprint density at radius 3 is 2.50 bits per heavy atom. The van der Waals surface area contributed by atoms with E-state index in [1.807, 2.05) is 25.1 Å². The van der Waals surface area contributed by atoms with Gasteiger partial charge in [0.15, 0.2) is 11.7 Å². The quantitative estimate of drug-likeness (QED) is 0.389. The summed E-state index contributed by atoms with van der Waals surface area (Å²) in [4.78, 5) is 16.1. The highest BCUT2D eigenvalue weighted by Crippen LogP contribution is 2.22. The molecular formula is C21H30N4O3. The number of benzene rings is 1. The SMILES string of the molecule is CCNC(=NCc1ccc(C(=O)OC)cc1)NCc1cc(C(CC)CC)no1. The molecule has 152 valence electrons. The van der Waals surface area contributed by atoms with Crippen LogP contribution in [0.3, 0.4) is 0 Å². The lowest BCUT2D eigenvalue weighted by Gasteiger charge is -2.10. The molecule has 7 nitrogen and oxygen atoms in total. The molecule has 28 heavy (non-hydrogen) atoms. The summed E-state index contributed by atoms with van der Waals surface area (Å²) in [6.07, 6.45) is 2.10. The summed E-state index contributed by atoms with van der Waals surface area (Å²) < 4.78 is 10.2. The third-order valence-corrected chi connectivity index (χ3v) is 4.55. The van der Waals surface area contributed by atoms with Gasteiger partial charge in [-0.25, -0.2) is 9.79 Å². The van der Waals surface area contributed by atoms with Crippen LogP contribution in [0.4, 0.5) is 0 Å². The third kappa shape index (κ3) is 6.11. The first-order valence-corrected chi connectivity index (χ1v) is 9.76. The van der Waals surface area contributed by atoms with E-state index in [9.17, 15) is 4.79 Å². The molecule has 1 aromatic heterocycles. The van der Waals surface area contributed by atoms with E-state index in [-0.39, 0.29) is 5.97 Å². The number of nitrogens with one attached hydrogen (secondary N) is 2. The second kappa shape index (κ2) is 11.1. The number of hydrogen-bond donors (Lipinski definition) is 2. The molecule has 2 aromatic rings. The first-order chi connectivity index (χ1) is 13.6. The molecule has 0 aliphatic heterocycles. The zero-order valence-corrected chi connectivity index (χ0v) is 17.1. The minimum absolute atomic E-state index is 0.343. The Kier molecular flexibility index (Phi) is 8.52. The number of guanidine groups is 1. The highest BCUT2D eigenvalue weighted by Gasteiger charge is 2.13. The fourth-order valence-electron chi connectivity index (χ4n) is 2.86. The number of rotatable bonds is 9. The van der Waals surface area contributed by atoms with Crippen molar-refractivity contribution >= 4 is 11.9 Å². The fraction of sp³-hybridized carbons (Fsp3) is 0.476. The van der Waals surface area contributed by atoms with E-state index in [4.69, 9.17) is 9.26 Å². The van der Waals surface area contributed by atoms with Crippen LogP contribution >= 0.6 is 0 Å². The molecule has 0 atom stereocenters. The largest absolute Gasteiger partial charge is 0.465 e. The van der Waals surface area contributed by atoms with Crippen molar-refractivity contribution in [1.82, 2.24) is 15.8 Å². The van der Waals surface area contributed by atoms with Crippen LogP contribution in [0.2, 0.25) is 0 Å². The van der Waals surface area contributed by atoms with Gasteiger partial charge < -0.3 is 19.9 Å². The Hall–Kier alpha value is -2.83. The molecule has 1 aromatic carbocycles. The van der Waals surface area contributed by atoms with Crippen LogP contribution in [0.5, 0.6) is 0 Å². The number of carbonyl (C=O) groups is 1. The van der Waals surface area contributed by atoms with Gasteiger partial charge in [-0.3, -0.25) is 0 Å². The number of esters is 1. The predicted molar refractivity (Wildman–Crippen MR) is 109 cm³/mol. The summed E-state index contributed by atoms with van der Waals surface area (Å²) in [5.74, 6) is 1.58. The van der Waals surface area contributed by atoms with E-state index in [0.717, 1.165) is 36.4 Å². The van der Waals surface area contributed by atoms with E-state index in [2.05, 4.69) is 34.6 Å². The molecule has 0 radical (unpaired) electrons. The summed E-state index contributed by atoms with van der Waals surface area (Å²) in [6.45, 7) is 8.10. The Morgan fingerprint density at radius 1 is 1.18 bits per heavy atom. The van der Waals surface area contributed by atoms with E-state index in [1.165, 1.54) is 7.11 Å². The molecule has 0 saturated heterocycles. The van der Waals surface area contributed by atoms with Gasteiger partial charge in [-0.1, -0.05) is 31.1 Å². The first-order valence-electron chi connectivity index (χ1n) is 9.76. The van der Waals surface area contributed by atoms with E-state index >= 15 is 0 Å². The average Bonchev–Trinajstić information content (AvgIpc) is 3.19. The maximum absolute atomic E-state index is 11.5. The first kappa shape index (κ1) is 21.5. The van der Waals surface area contributed by atoms with Gasteiger partial charge in [0.2, 0.25) is 0 Å². The normalized spacial score (nSPS) is 11.5. The number of aliphatic imine (C=N–C) groups is 1. The number of aromatic nitrogens is 1. The van der Waals surface area contributed by atoms with Crippen LogP contribution in [0.15, 0.2) is 39.8 Å². The van der Waals surface area contributed by atoms with Gasteiger partial charge in [-0.15, -0.1) is 0 Å². The Labute approximate surface area is 166 Å². The molecule has 0 spiro atoms. The molecule has 7 heteroatoms. The van der Waals surface area contributed by atoms with Crippen molar-refractivity contribution in [2.24, 2.45) is 4.99 Å². The van der Waals surface area contributed by atoms with Crippen molar-refractivity contribution in [2.75, 3.05) is 13.7 Å². The summed E-state index contributed by atoms with van der Waals surface area (Å²) >= 11 is 0. The highest BCUT2D eigenvalue weighted by molar-refractivity contribution is 5.89. The highest BCUT2D eigenvalue weighted by atomic mass is 16.5. The van der Waals surface area contributed by atoms with E-state index < -0.39 is 0 Å². The molecular weight excluding hydrogens is 356 g/mol. The van der Waals surface area contributed by atoms with E-state index in [0.29, 0.717) is 30.5 Å². The molecule has 2 rings (SSSR count). The zero-order chi connectivity index (χ0) is 20.4. The molecule has 0 amide bonds. The zero-order valence-electron chi connectivity index (χ0n) is 17.1. The van der Waals surface area contributed by atoms with E-state index in [1.54, 1.807) is 12.1 Å². The number of hydrogen-bond acceptors (Lipinski definition) is 5. The molecule has 0 saturated carbocycles. The van der Waals surface area contributed by atoms with Gasteiger partial charge in [0.25, 0.3) is 0 Å². The number of methoxy groups -OCH3 is 1. The van der Waals surface area contributed by atoms with Gasteiger partial charge in [0.1, 0.15) is 0 Å². The molecule has 1 heterocycles. The second-order valence-electron chi connectivity index (χ2n) is 6.47. The fourth-order valence-corrected chi connectivity index (χ4v) is 2.86. The second-order valence-corrected chi connectivity index (χ2v) is 6.47. The van der Waals surface area contributed by atoms with Crippen LogP contribution in [-0.4, -0.2) is 30.7 Å². The molecule has 2 N–H and O–H groups in total. The van der Waals surface area contributed by atoms with Gasteiger partial charge in [0, 0.05) is 18.5 Å². The lowest BCUT2D eigenvalue weighted by Crippen LogP contribution is -2.36. The van der Waals surface area contributed by atoms with Crippen molar-refractivity contribution in [3.8, 4) is 0 Å². The third-order valence-electron chi connectivity index (χ3n) is 4.55. The minimum atomic E-state index is -0.343. The van der Waals surface area contributed by atoms with Gasteiger partial charge in [0.05, 0.1) is 31.5 Å². The Bertz CT molecular complexity index is 764. The lowest BCUT2D eigenvalue weighted by molar-refractivity contribution is 0.0600. The number of nitrogens with zero attached hydrogens (tertiary/aromatic N) is 2. The lowest BCUT2D eigenvalue weighted by atomic mass is 9.99. The monoisotopic (exact) mass is 386 g/mol. The Balaban J connectivity index is 1.96. The summed E-state index contributed by atoms with van der Waals surface area (Å²) in [6, 6.07) is 9.24. The summed E-state index contributed by atoms with van der Waals surface area (Å²) in [7, 11) is 1.37. The van der Waals surface area contributed by atoms with Gasteiger partial charge >= 0.3 is 5.97 Å².